The third-order valence-corrected chi connectivity index (χ3v) is 6.30. The maximum absolute atomic E-state index is 12.7. The van der Waals surface area contributed by atoms with E-state index in [1.165, 1.54) is 11.8 Å². The number of carbonyl (C=O) groups is 1. The Hall–Kier alpha value is -2.71. The van der Waals surface area contributed by atoms with E-state index >= 15 is 0 Å². The maximum atomic E-state index is 12.7. The fourth-order valence-corrected chi connectivity index (χ4v) is 4.59. The highest BCUT2D eigenvalue weighted by molar-refractivity contribution is 7.99. The molecule has 1 aromatic heterocycles. The molecule has 0 saturated carbocycles. The summed E-state index contributed by atoms with van der Waals surface area (Å²) in [6.07, 6.45) is 2.32. The van der Waals surface area contributed by atoms with Gasteiger partial charge in [0.1, 0.15) is 11.6 Å². The summed E-state index contributed by atoms with van der Waals surface area (Å²) in [5.74, 6) is 1.62. The van der Waals surface area contributed by atoms with Crippen molar-refractivity contribution >= 4 is 40.6 Å². The quantitative estimate of drug-likeness (QED) is 0.524. The summed E-state index contributed by atoms with van der Waals surface area (Å²) >= 11 is 7.53. The van der Waals surface area contributed by atoms with Crippen LogP contribution >= 0.6 is 23.4 Å². The summed E-state index contributed by atoms with van der Waals surface area (Å²) in [5, 5.41) is 12.7. The molecule has 0 bridgehead atoms. The number of amides is 1. The highest BCUT2D eigenvalue weighted by atomic mass is 35.5. The third kappa shape index (κ3) is 4.97. The van der Waals surface area contributed by atoms with Crippen molar-refractivity contribution < 1.29 is 9.53 Å². The number of hydrogen-bond donors (Lipinski definition) is 1. The summed E-state index contributed by atoms with van der Waals surface area (Å²) in [7, 11) is 1.63. The minimum atomic E-state index is -0.116. The second-order valence-corrected chi connectivity index (χ2v) is 8.63. The lowest BCUT2D eigenvalue weighted by atomic mass is 10.2. The molecule has 3 aromatic rings. The van der Waals surface area contributed by atoms with Gasteiger partial charge in [0, 0.05) is 23.8 Å². The van der Waals surface area contributed by atoms with Crippen LogP contribution in [-0.2, 0) is 4.79 Å². The normalized spacial score (nSPS) is 13.5. The van der Waals surface area contributed by atoms with Gasteiger partial charge in [-0.05, 0) is 62.2 Å². The van der Waals surface area contributed by atoms with E-state index in [2.05, 4.69) is 20.4 Å². The molecule has 4 rings (SSSR count). The van der Waals surface area contributed by atoms with Gasteiger partial charge in [-0.25, -0.2) is 0 Å². The van der Waals surface area contributed by atoms with Crippen LogP contribution in [0.5, 0.6) is 5.75 Å². The maximum Gasteiger partial charge on any atom is 0.234 e. The van der Waals surface area contributed by atoms with Crippen LogP contribution in [0.1, 0.15) is 18.7 Å². The minimum absolute atomic E-state index is 0.116. The lowest BCUT2D eigenvalue weighted by Gasteiger charge is -2.21. The zero-order chi connectivity index (χ0) is 21.8. The first-order valence-corrected chi connectivity index (χ1v) is 11.4. The molecule has 1 aliphatic heterocycles. The predicted molar refractivity (Wildman–Crippen MR) is 125 cm³/mol. The number of methoxy groups -OCH3 is 1. The molecule has 31 heavy (non-hydrogen) atoms. The fourth-order valence-electron chi connectivity index (χ4n) is 3.62. The summed E-state index contributed by atoms with van der Waals surface area (Å²) in [6, 6.07) is 13.3. The number of ether oxygens (including phenoxy) is 1. The zero-order valence-corrected chi connectivity index (χ0v) is 19.0. The molecule has 2 aromatic carbocycles. The Bertz CT molecular complexity index is 1060. The van der Waals surface area contributed by atoms with Crippen LogP contribution in [0.4, 0.5) is 11.4 Å². The zero-order valence-electron chi connectivity index (χ0n) is 17.5. The largest absolute Gasteiger partial charge is 0.497 e. The van der Waals surface area contributed by atoms with Gasteiger partial charge in [-0.1, -0.05) is 23.4 Å². The lowest BCUT2D eigenvalue weighted by molar-refractivity contribution is -0.113. The number of carbonyl (C=O) groups excluding carboxylic acids is 1. The van der Waals surface area contributed by atoms with Crippen LogP contribution in [-0.4, -0.2) is 46.6 Å². The monoisotopic (exact) mass is 457 g/mol. The van der Waals surface area contributed by atoms with Crippen LogP contribution in [0.25, 0.3) is 5.69 Å². The molecule has 0 aliphatic carbocycles. The molecule has 1 amide bonds. The fraction of sp³-hybridized carbons (Fsp3) is 0.318. The number of nitrogens with zero attached hydrogens (tertiary/aromatic N) is 4. The summed E-state index contributed by atoms with van der Waals surface area (Å²) in [6.45, 7) is 3.86. The Balaban J connectivity index is 1.46. The first-order valence-electron chi connectivity index (χ1n) is 10.1. The Labute approximate surface area is 190 Å². The number of anilines is 2. The van der Waals surface area contributed by atoms with Gasteiger partial charge < -0.3 is 15.0 Å². The van der Waals surface area contributed by atoms with Gasteiger partial charge in [-0.3, -0.25) is 9.36 Å². The first kappa shape index (κ1) is 21.5. The molecule has 1 N–H and O–H groups in total. The molecule has 1 aliphatic rings. The molecule has 162 valence electrons. The van der Waals surface area contributed by atoms with Gasteiger partial charge in [-0.2, -0.15) is 0 Å². The minimum Gasteiger partial charge on any atom is -0.497 e. The number of hydrogen-bond acceptors (Lipinski definition) is 6. The highest BCUT2D eigenvalue weighted by Gasteiger charge is 2.18. The lowest BCUT2D eigenvalue weighted by Crippen LogP contribution is -2.22. The number of rotatable bonds is 7. The number of benzene rings is 2. The van der Waals surface area contributed by atoms with E-state index in [0.29, 0.717) is 10.2 Å². The summed E-state index contributed by atoms with van der Waals surface area (Å²) in [5.41, 5.74) is 2.67. The van der Waals surface area contributed by atoms with Crippen molar-refractivity contribution in [1.82, 2.24) is 14.8 Å². The van der Waals surface area contributed by atoms with E-state index in [0.717, 1.165) is 54.6 Å². The van der Waals surface area contributed by atoms with E-state index in [-0.39, 0.29) is 11.7 Å². The van der Waals surface area contributed by atoms with Crippen molar-refractivity contribution in [1.29, 1.82) is 0 Å². The number of aromatic nitrogens is 3. The smallest absolute Gasteiger partial charge is 0.234 e. The SMILES string of the molecule is COc1ccc(-n2c(C)nnc2SCC(=O)Nc2cc(Cl)ccc2N2CCCC2)cc1. The van der Waals surface area contributed by atoms with Crippen molar-refractivity contribution in [2.24, 2.45) is 0 Å². The van der Waals surface area contributed by atoms with Gasteiger partial charge in [0.2, 0.25) is 5.91 Å². The Morgan fingerprint density at radius 3 is 2.61 bits per heavy atom. The van der Waals surface area contributed by atoms with Gasteiger partial charge in [0.25, 0.3) is 0 Å². The van der Waals surface area contributed by atoms with E-state index in [4.69, 9.17) is 16.3 Å². The molecule has 0 atom stereocenters. The molecule has 0 radical (unpaired) electrons. The molecular formula is C22H24ClN5O2S. The van der Waals surface area contributed by atoms with E-state index < -0.39 is 0 Å². The Kier molecular flexibility index (Phi) is 6.67. The van der Waals surface area contributed by atoms with E-state index in [9.17, 15) is 4.79 Å². The molecule has 0 unspecified atom stereocenters. The van der Waals surface area contributed by atoms with Gasteiger partial charge in [-0.15, -0.1) is 10.2 Å². The summed E-state index contributed by atoms with van der Waals surface area (Å²) < 4.78 is 7.15. The second-order valence-electron chi connectivity index (χ2n) is 7.26. The first-order chi connectivity index (χ1) is 15.0. The number of halogens is 1. The Morgan fingerprint density at radius 1 is 1.16 bits per heavy atom. The second kappa shape index (κ2) is 9.62. The van der Waals surface area contributed by atoms with Crippen LogP contribution < -0.4 is 15.0 Å². The predicted octanol–water partition coefficient (Wildman–Crippen LogP) is 4.57. The van der Waals surface area contributed by atoms with Crippen molar-refractivity contribution in [2.45, 2.75) is 24.9 Å². The average Bonchev–Trinajstić information content (AvgIpc) is 3.42. The number of aryl methyl sites for hydroxylation is 1. The molecular weight excluding hydrogens is 434 g/mol. The highest BCUT2D eigenvalue weighted by Crippen LogP contribution is 2.32. The number of thioether (sulfide) groups is 1. The third-order valence-electron chi connectivity index (χ3n) is 5.14. The Morgan fingerprint density at radius 2 is 1.90 bits per heavy atom. The molecule has 1 saturated heterocycles. The molecule has 7 nitrogen and oxygen atoms in total. The topological polar surface area (TPSA) is 72.3 Å². The van der Waals surface area contributed by atoms with Crippen molar-refractivity contribution in [2.75, 3.05) is 36.2 Å². The van der Waals surface area contributed by atoms with E-state index in [1.807, 2.05) is 54.0 Å². The van der Waals surface area contributed by atoms with Crippen LogP contribution in [0.15, 0.2) is 47.6 Å². The van der Waals surface area contributed by atoms with Crippen LogP contribution in [0, 0.1) is 6.92 Å². The summed E-state index contributed by atoms with van der Waals surface area (Å²) in [4.78, 5) is 15.0. The standard InChI is InChI=1S/C22H24ClN5O2S/c1-15-25-26-22(28(15)17-6-8-18(30-2)9-7-17)31-14-21(29)24-19-13-16(23)5-10-20(19)27-11-3-4-12-27/h5-10,13H,3-4,11-12,14H2,1-2H3,(H,24,29). The average molecular weight is 458 g/mol. The van der Waals surface area contributed by atoms with Crippen LogP contribution in [0.2, 0.25) is 5.02 Å². The molecule has 0 spiro atoms. The van der Waals surface area contributed by atoms with Gasteiger partial charge in [0.15, 0.2) is 5.16 Å². The van der Waals surface area contributed by atoms with Crippen molar-refractivity contribution in [3.63, 3.8) is 0 Å². The van der Waals surface area contributed by atoms with Gasteiger partial charge >= 0.3 is 0 Å². The molecule has 9 heteroatoms. The molecule has 1 fully saturated rings. The van der Waals surface area contributed by atoms with Crippen LogP contribution in [0.3, 0.4) is 0 Å². The number of nitrogens with one attached hydrogen (secondary N) is 1. The van der Waals surface area contributed by atoms with Crippen molar-refractivity contribution in [3.05, 3.63) is 53.3 Å². The van der Waals surface area contributed by atoms with Gasteiger partial charge in [0.05, 0.1) is 24.2 Å². The molecule has 2 heterocycles. The van der Waals surface area contributed by atoms with Crippen molar-refractivity contribution in [3.8, 4) is 11.4 Å². The van der Waals surface area contributed by atoms with E-state index in [1.54, 1.807) is 7.11 Å².